The second-order valence-electron chi connectivity index (χ2n) is 7.03. The number of amides is 2. The smallest absolute Gasteiger partial charge is 0.319 e. The van der Waals surface area contributed by atoms with Crippen LogP contribution in [-0.4, -0.2) is 30.9 Å². The predicted octanol–water partition coefficient (Wildman–Crippen LogP) is 3.80. The topological polar surface area (TPSA) is 70.6 Å². The summed E-state index contributed by atoms with van der Waals surface area (Å²) in [7, 11) is 0. The molecule has 1 aromatic rings. The molecule has 0 radical (unpaired) electrons. The first-order valence-corrected chi connectivity index (χ1v) is 9.06. The Morgan fingerprint density at radius 1 is 1.38 bits per heavy atom. The number of rotatable bonds is 8. The van der Waals surface area contributed by atoms with Crippen molar-refractivity contribution in [1.82, 2.24) is 5.32 Å². The molecule has 5 nitrogen and oxygen atoms in total. The average molecular weight is 353 g/mol. The van der Waals surface area contributed by atoms with Crippen LogP contribution in [0.3, 0.4) is 0 Å². The van der Waals surface area contributed by atoms with Gasteiger partial charge in [0.2, 0.25) is 0 Å². The lowest BCUT2D eigenvalue weighted by Crippen LogP contribution is -2.34. The number of ether oxygens (including phenoxy) is 1. The first kappa shape index (κ1) is 17.4. The number of carbonyl (C=O) groups is 1. The van der Waals surface area contributed by atoms with E-state index >= 15 is 0 Å². The van der Waals surface area contributed by atoms with Gasteiger partial charge in [0, 0.05) is 18.2 Å². The van der Waals surface area contributed by atoms with E-state index in [2.05, 4.69) is 10.6 Å². The highest BCUT2D eigenvalue weighted by Gasteiger charge is 2.41. The molecule has 24 heavy (non-hydrogen) atoms. The predicted molar refractivity (Wildman–Crippen MR) is 94.7 cm³/mol. The van der Waals surface area contributed by atoms with Crippen molar-refractivity contribution in [2.45, 2.75) is 38.5 Å². The van der Waals surface area contributed by atoms with Gasteiger partial charge in [-0.05, 0) is 61.6 Å². The zero-order valence-electron chi connectivity index (χ0n) is 13.8. The maximum atomic E-state index is 12.2. The zero-order valence-corrected chi connectivity index (χ0v) is 14.6. The van der Waals surface area contributed by atoms with Gasteiger partial charge in [-0.1, -0.05) is 18.0 Å². The molecule has 3 N–H and O–H groups in total. The van der Waals surface area contributed by atoms with E-state index in [9.17, 15) is 4.79 Å². The molecule has 0 bridgehead atoms. The Hall–Kier alpha value is -1.46. The second kappa shape index (κ2) is 7.62. The van der Waals surface area contributed by atoms with Crippen LogP contribution < -0.4 is 15.4 Å². The maximum Gasteiger partial charge on any atom is 0.319 e. The number of urea groups is 1. The average Bonchev–Trinajstić information content (AvgIpc) is 3.26. The summed E-state index contributed by atoms with van der Waals surface area (Å²) in [6.07, 6.45) is 6.55. The Bertz CT molecular complexity index is 586. The van der Waals surface area contributed by atoms with E-state index < -0.39 is 0 Å². The van der Waals surface area contributed by atoms with Crippen molar-refractivity contribution in [3.05, 3.63) is 23.2 Å². The lowest BCUT2D eigenvalue weighted by molar-refractivity contribution is 0.181. The number of hydrogen-bond acceptors (Lipinski definition) is 3. The van der Waals surface area contributed by atoms with Crippen molar-refractivity contribution in [2.24, 2.45) is 11.3 Å². The number of hydrogen-bond donors (Lipinski definition) is 3. The Balaban J connectivity index is 1.54. The normalized spacial score (nSPS) is 18.6. The van der Waals surface area contributed by atoms with Crippen molar-refractivity contribution in [3.8, 4) is 5.75 Å². The molecule has 0 aliphatic heterocycles. The van der Waals surface area contributed by atoms with Crippen molar-refractivity contribution in [1.29, 1.82) is 0 Å². The fourth-order valence-electron chi connectivity index (χ4n) is 2.96. The summed E-state index contributed by atoms with van der Waals surface area (Å²) >= 11 is 6.05. The quantitative estimate of drug-likeness (QED) is 0.666. The van der Waals surface area contributed by atoms with Crippen molar-refractivity contribution in [3.63, 3.8) is 0 Å². The van der Waals surface area contributed by atoms with Gasteiger partial charge in [-0.25, -0.2) is 4.79 Å². The van der Waals surface area contributed by atoms with Crippen LogP contribution in [0.5, 0.6) is 5.75 Å². The third-order valence-electron chi connectivity index (χ3n) is 5.11. The lowest BCUT2D eigenvalue weighted by Gasteiger charge is -2.25. The number of anilines is 1. The summed E-state index contributed by atoms with van der Waals surface area (Å²) < 4.78 is 5.86. The molecule has 6 heteroatoms. The summed E-state index contributed by atoms with van der Waals surface area (Å²) in [5.74, 6) is 1.27. The SMILES string of the molecule is O=C(NCC1(CCO)CC1)Nc1cc(Cl)ccc1OCC1CCC1. The molecule has 2 aliphatic rings. The summed E-state index contributed by atoms with van der Waals surface area (Å²) in [6, 6.07) is 5.00. The summed E-state index contributed by atoms with van der Waals surface area (Å²) in [5.41, 5.74) is 0.676. The number of carbonyl (C=O) groups excluding carboxylic acids is 1. The molecule has 0 saturated heterocycles. The van der Waals surface area contributed by atoms with Gasteiger partial charge in [-0.2, -0.15) is 0 Å². The molecule has 1 aromatic carbocycles. The third-order valence-corrected chi connectivity index (χ3v) is 5.35. The fourth-order valence-corrected chi connectivity index (χ4v) is 3.13. The molecule has 0 atom stereocenters. The van der Waals surface area contributed by atoms with Gasteiger partial charge < -0.3 is 20.5 Å². The first-order chi connectivity index (χ1) is 11.6. The van der Waals surface area contributed by atoms with Crippen LogP contribution in [0.1, 0.15) is 38.5 Å². The van der Waals surface area contributed by atoms with Crippen molar-refractivity contribution >= 4 is 23.3 Å². The number of halogens is 1. The van der Waals surface area contributed by atoms with E-state index in [4.69, 9.17) is 21.4 Å². The van der Waals surface area contributed by atoms with Gasteiger partial charge in [-0.3, -0.25) is 0 Å². The monoisotopic (exact) mass is 352 g/mol. The first-order valence-electron chi connectivity index (χ1n) is 8.68. The molecule has 2 saturated carbocycles. The zero-order chi connectivity index (χ0) is 17.0. The molecule has 0 spiro atoms. The molecule has 0 heterocycles. The molecule has 2 amide bonds. The number of benzene rings is 1. The van der Waals surface area contributed by atoms with Crippen molar-refractivity contribution in [2.75, 3.05) is 25.1 Å². The Morgan fingerprint density at radius 3 is 2.79 bits per heavy atom. The molecule has 3 rings (SSSR count). The van der Waals surface area contributed by atoms with E-state index in [-0.39, 0.29) is 18.1 Å². The molecule has 0 unspecified atom stereocenters. The third kappa shape index (κ3) is 4.54. The minimum absolute atomic E-state index is 0.0873. The summed E-state index contributed by atoms with van der Waals surface area (Å²) in [4.78, 5) is 12.2. The van der Waals surface area contributed by atoms with Gasteiger partial charge in [0.1, 0.15) is 5.75 Å². The highest BCUT2D eigenvalue weighted by molar-refractivity contribution is 6.31. The molecular weight excluding hydrogens is 328 g/mol. The Labute approximate surface area is 147 Å². The van der Waals surface area contributed by atoms with Crippen LogP contribution in [0.25, 0.3) is 0 Å². The highest BCUT2D eigenvalue weighted by atomic mass is 35.5. The van der Waals surface area contributed by atoms with Crippen LogP contribution in [0.4, 0.5) is 10.5 Å². The van der Waals surface area contributed by atoms with Crippen LogP contribution in [0.15, 0.2) is 18.2 Å². The van der Waals surface area contributed by atoms with E-state index in [0.29, 0.717) is 35.5 Å². The maximum absolute atomic E-state index is 12.2. The van der Waals surface area contributed by atoms with Crippen LogP contribution in [0, 0.1) is 11.3 Å². The minimum atomic E-state index is -0.269. The lowest BCUT2D eigenvalue weighted by atomic mass is 9.86. The number of aliphatic hydroxyl groups is 1. The highest BCUT2D eigenvalue weighted by Crippen LogP contribution is 2.47. The van der Waals surface area contributed by atoms with E-state index in [1.54, 1.807) is 18.2 Å². The Morgan fingerprint density at radius 2 is 2.17 bits per heavy atom. The van der Waals surface area contributed by atoms with Crippen molar-refractivity contribution < 1.29 is 14.6 Å². The number of nitrogens with one attached hydrogen (secondary N) is 2. The van der Waals surface area contributed by atoms with Crippen LogP contribution in [0.2, 0.25) is 5.02 Å². The molecule has 0 aromatic heterocycles. The summed E-state index contributed by atoms with van der Waals surface area (Å²) in [6.45, 7) is 1.42. The van der Waals surface area contributed by atoms with E-state index in [1.807, 2.05) is 0 Å². The van der Waals surface area contributed by atoms with E-state index in [1.165, 1.54) is 19.3 Å². The Kier molecular flexibility index (Phi) is 5.51. The van der Waals surface area contributed by atoms with Gasteiger partial charge in [-0.15, -0.1) is 0 Å². The fraction of sp³-hybridized carbons (Fsp3) is 0.611. The van der Waals surface area contributed by atoms with E-state index in [0.717, 1.165) is 19.3 Å². The molecule has 132 valence electrons. The second-order valence-corrected chi connectivity index (χ2v) is 7.47. The van der Waals surface area contributed by atoms with Gasteiger partial charge >= 0.3 is 6.03 Å². The standard InChI is InChI=1S/C18H25ClN2O3/c19-14-4-5-16(24-11-13-2-1-3-13)15(10-14)21-17(23)20-12-18(6-7-18)8-9-22/h4-5,10,13,22H,1-3,6-9,11-12H2,(H2,20,21,23). The van der Waals surface area contributed by atoms with Gasteiger partial charge in [0.05, 0.1) is 12.3 Å². The molecular formula is C18H25ClN2O3. The number of aliphatic hydroxyl groups excluding tert-OH is 1. The minimum Gasteiger partial charge on any atom is -0.491 e. The van der Waals surface area contributed by atoms with Crippen LogP contribution >= 0.6 is 11.6 Å². The van der Waals surface area contributed by atoms with Gasteiger partial charge in [0.15, 0.2) is 0 Å². The van der Waals surface area contributed by atoms with Crippen LogP contribution in [-0.2, 0) is 0 Å². The van der Waals surface area contributed by atoms with Gasteiger partial charge in [0.25, 0.3) is 0 Å². The molecule has 2 fully saturated rings. The largest absolute Gasteiger partial charge is 0.491 e. The molecule has 2 aliphatic carbocycles. The summed E-state index contributed by atoms with van der Waals surface area (Å²) in [5, 5.41) is 15.4.